The highest BCUT2D eigenvalue weighted by Gasteiger charge is 2.16. The van der Waals surface area contributed by atoms with E-state index in [1.165, 1.54) is 5.56 Å². The summed E-state index contributed by atoms with van der Waals surface area (Å²) < 4.78 is 5.66. The number of fused-ring (bicyclic) bond motifs is 1. The summed E-state index contributed by atoms with van der Waals surface area (Å²) in [5.41, 5.74) is 6.20. The molecule has 1 aromatic heterocycles. The van der Waals surface area contributed by atoms with Gasteiger partial charge in [-0.1, -0.05) is 6.07 Å². The second-order valence-electron chi connectivity index (χ2n) is 7.85. The first-order valence-electron chi connectivity index (χ1n) is 10.1. The molecule has 0 saturated carbocycles. The highest BCUT2D eigenvalue weighted by Crippen LogP contribution is 2.23. The van der Waals surface area contributed by atoms with Crippen LogP contribution in [0.2, 0.25) is 0 Å². The van der Waals surface area contributed by atoms with Gasteiger partial charge in [-0.2, -0.15) is 15.3 Å². The number of nitrogens with one attached hydrogen (secondary N) is 2. The first kappa shape index (κ1) is 19.8. The SMILES string of the molecule is Cc1cc(C2=NN=C(Cc3ccc4[nH]ncc4c3)C2)ccc1OCC(=O)NC(C)C. The van der Waals surface area contributed by atoms with Crippen LogP contribution < -0.4 is 10.1 Å². The summed E-state index contributed by atoms with van der Waals surface area (Å²) in [6.45, 7) is 5.82. The summed E-state index contributed by atoms with van der Waals surface area (Å²) in [5, 5.41) is 19.7. The highest BCUT2D eigenvalue weighted by molar-refractivity contribution is 6.15. The average molecular weight is 403 g/mol. The third-order valence-electron chi connectivity index (χ3n) is 4.91. The Morgan fingerprint density at radius 2 is 2.07 bits per heavy atom. The van der Waals surface area contributed by atoms with Crippen LogP contribution in [-0.2, 0) is 11.2 Å². The van der Waals surface area contributed by atoms with Gasteiger partial charge in [-0.3, -0.25) is 9.89 Å². The van der Waals surface area contributed by atoms with E-state index < -0.39 is 0 Å². The highest BCUT2D eigenvalue weighted by atomic mass is 16.5. The number of ether oxygens (including phenoxy) is 1. The van der Waals surface area contributed by atoms with Crippen molar-refractivity contribution >= 4 is 28.2 Å². The zero-order valence-corrected chi connectivity index (χ0v) is 17.4. The van der Waals surface area contributed by atoms with Crippen molar-refractivity contribution in [3.05, 3.63) is 59.3 Å². The standard InChI is InChI=1S/C23H25N5O2/c1-14(2)25-23(29)13-30-22-7-5-17(8-15(22)3)21-11-19(26-28-21)10-16-4-6-20-18(9-16)12-24-27-20/h4-9,12,14H,10-11,13H2,1-3H3,(H,24,27)(H,25,29). The Bertz CT molecular complexity index is 1140. The number of aromatic amines is 1. The van der Waals surface area contributed by atoms with Crippen molar-refractivity contribution in [1.29, 1.82) is 0 Å². The number of amides is 1. The number of carbonyl (C=O) groups excluding carboxylic acids is 1. The van der Waals surface area contributed by atoms with Crippen molar-refractivity contribution in [3.8, 4) is 5.75 Å². The van der Waals surface area contributed by atoms with Crippen molar-refractivity contribution in [1.82, 2.24) is 15.5 Å². The molecule has 1 amide bonds. The molecule has 0 fully saturated rings. The predicted octanol–water partition coefficient (Wildman–Crippen LogP) is 3.57. The van der Waals surface area contributed by atoms with Crippen LogP contribution in [0.4, 0.5) is 0 Å². The number of carbonyl (C=O) groups is 1. The number of rotatable bonds is 7. The Morgan fingerprint density at radius 3 is 2.87 bits per heavy atom. The molecule has 0 spiro atoms. The van der Waals surface area contributed by atoms with E-state index in [0.717, 1.165) is 46.3 Å². The Kier molecular flexibility index (Phi) is 5.61. The number of aryl methyl sites for hydroxylation is 1. The van der Waals surface area contributed by atoms with Gasteiger partial charge in [-0.15, -0.1) is 0 Å². The van der Waals surface area contributed by atoms with Crippen LogP contribution in [0.15, 0.2) is 52.8 Å². The molecule has 0 atom stereocenters. The van der Waals surface area contributed by atoms with Crippen LogP contribution in [0, 0.1) is 6.92 Å². The van der Waals surface area contributed by atoms with Gasteiger partial charge in [0.25, 0.3) is 5.91 Å². The minimum Gasteiger partial charge on any atom is -0.484 e. The van der Waals surface area contributed by atoms with E-state index in [1.54, 1.807) is 0 Å². The predicted molar refractivity (Wildman–Crippen MR) is 118 cm³/mol. The topological polar surface area (TPSA) is 91.7 Å². The average Bonchev–Trinajstić information content (AvgIpc) is 3.35. The monoisotopic (exact) mass is 403 g/mol. The van der Waals surface area contributed by atoms with Crippen LogP contribution in [0.5, 0.6) is 5.75 Å². The number of hydrogen-bond donors (Lipinski definition) is 2. The molecule has 0 radical (unpaired) electrons. The Morgan fingerprint density at radius 1 is 1.20 bits per heavy atom. The summed E-state index contributed by atoms with van der Waals surface area (Å²) in [4.78, 5) is 11.8. The molecule has 30 heavy (non-hydrogen) atoms. The van der Waals surface area contributed by atoms with Gasteiger partial charge in [-0.05, 0) is 67.8 Å². The van der Waals surface area contributed by atoms with Gasteiger partial charge in [0.2, 0.25) is 0 Å². The van der Waals surface area contributed by atoms with Crippen molar-refractivity contribution in [2.24, 2.45) is 10.2 Å². The van der Waals surface area contributed by atoms with E-state index in [-0.39, 0.29) is 18.6 Å². The van der Waals surface area contributed by atoms with Gasteiger partial charge >= 0.3 is 0 Å². The minimum absolute atomic E-state index is 0.00752. The van der Waals surface area contributed by atoms with Crippen molar-refractivity contribution in [2.45, 2.75) is 39.7 Å². The van der Waals surface area contributed by atoms with Crippen LogP contribution >= 0.6 is 0 Å². The van der Waals surface area contributed by atoms with Crippen LogP contribution in [-0.4, -0.2) is 40.2 Å². The fourth-order valence-electron chi connectivity index (χ4n) is 3.49. The molecule has 0 saturated heterocycles. The Hall–Kier alpha value is -3.48. The second kappa shape index (κ2) is 8.49. The first-order chi connectivity index (χ1) is 14.5. The zero-order valence-electron chi connectivity index (χ0n) is 17.4. The van der Waals surface area contributed by atoms with Crippen molar-refractivity contribution in [2.75, 3.05) is 6.61 Å². The van der Waals surface area contributed by atoms with Crippen LogP contribution in [0.3, 0.4) is 0 Å². The summed E-state index contributed by atoms with van der Waals surface area (Å²) in [6, 6.07) is 12.2. The van der Waals surface area contributed by atoms with E-state index in [1.807, 2.05) is 51.2 Å². The van der Waals surface area contributed by atoms with Crippen LogP contribution in [0.1, 0.15) is 37.0 Å². The van der Waals surface area contributed by atoms with Gasteiger partial charge in [0, 0.05) is 24.3 Å². The number of benzene rings is 2. The summed E-state index contributed by atoms with van der Waals surface area (Å²) in [6.07, 6.45) is 3.31. The number of H-pyrrole nitrogens is 1. The van der Waals surface area contributed by atoms with Gasteiger partial charge in [0.15, 0.2) is 6.61 Å². The molecular weight excluding hydrogens is 378 g/mol. The summed E-state index contributed by atoms with van der Waals surface area (Å²) >= 11 is 0. The maximum atomic E-state index is 11.8. The minimum atomic E-state index is -0.125. The molecule has 2 aromatic carbocycles. The molecule has 7 nitrogen and oxygen atoms in total. The summed E-state index contributed by atoms with van der Waals surface area (Å²) in [5.74, 6) is 0.575. The van der Waals surface area contributed by atoms with Crippen molar-refractivity contribution < 1.29 is 9.53 Å². The Labute approximate surface area is 175 Å². The molecule has 1 aliphatic heterocycles. The lowest BCUT2D eigenvalue weighted by molar-refractivity contribution is -0.123. The van der Waals surface area contributed by atoms with E-state index >= 15 is 0 Å². The van der Waals surface area contributed by atoms with E-state index in [9.17, 15) is 4.79 Å². The van der Waals surface area contributed by atoms with Gasteiger partial charge in [0.05, 0.1) is 23.1 Å². The van der Waals surface area contributed by atoms with Crippen molar-refractivity contribution in [3.63, 3.8) is 0 Å². The normalized spacial score (nSPS) is 13.5. The lowest BCUT2D eigenvalue weighted by Crippen LogP contribution is -2.34. The van der Waals surface area contributed by atoms with Gasteiger partial charge in [0.1, 0.15) is 5.75 Å². The van der Waals surface area contributed by atoms with Crippen LogP contribution in [0.25, 0.3) is 10.9 Å². The lowest BCUT2D eigenvalue weighted by Gasteiger charge is -2.12. The van der Waals surface area contributed by atoms with E-state index in [2.05, 4.69) is 37.8 Å². The molecule has 0 unspecified atom stereocenters. The zero-order chi connectivity index (χ0) is 21.1. The van der Waals surface area contributed by atoms with Gasteiger partial charge < -0.3 is 10.1 Å². The maximum absolute atomic E-state index is 11.8. The number of nitrogens with zero attached hydrogens (tertiary/aromatic N) is 3. The molecule has 154 valence electrons. The molecule has 2 N–H and O–H groups in total. The molecule has 1 aliphatic rings. The van der Waals surface area contributed by atoms with Gasteiger partial charge in [-0.25, -0.2) is 0 Å². The molecule has 0 bridgehead atoms. The molecule has 0 aliphatic carbocycles. The lowest BCUT2D eigenvalue weighted by atomic mass is 9.99. The third kappa shape index (κ3) is 4.56. The number of aromatic nitrogens is 2. The fourth-order valence-corrected chi connectivity index (χ4v) is 3.49. The number of hydrogen-bond acceptors (Lipinski definition) is 5. The molecule has 4 rings (SSSR count). The third-order valence-corrected chi connectivity index (χ3v) is 4.91. The summed E-state index contributed by atoms with van der Waals surface area (Å²) in [7, 11) is 0. The quantitative estimate of drug-likeness (QED) is 0.632. The fraction of sp³-hybridized carbons (Fsp3) is 0.304. The van der Waals surface area contributed by atoms with E-state index in [0.29, 0.717) is 5.75 Å². The maximum Gasteiger partial charge on any atom is 0.258 e. The van der Waals surface area contributed by atoms with E-state index in [4.69, 9.17) is 4.74 Å². The molecule has 7 heteroatoms. The Balaban J connectivity index is 1.36. The first-order valence-corrected chi connectivity index (χ1v) is 10.1. The smallest absolute Gasteiger partial charge is 0.258 e. The second-order valence-corrected chi connectivity index (χ2v) is 7.85. The molecular formula is C23H25N5O2. The molecule has 3 aromatic rings. The largest absolute Gasteiger partial charge is 0.484 e. The molecule has 2 heterocycles.